The second-order valence-corrected chi connectivity index (χ2v) is 6.21. The first-order valence-corrected chi connectivity index (χ1v) is 7.64. The van der Waals surface area contributed by atoms with Crippen molar-refractivity contribution in [3.8, 4) is 0 Å². The average Bonchev–Trinajstić information content (AvgIpc) is 3.29. The lowest BCUT2D eigenvalue weighted by Gasteiger charge is -2.25. The van der Waals surface area contributed by atoms with Gasteiger partial charge in [0.15, 0.2) is 5.82 Å². The Morgan fingerprint density at radius 1 is 1.17 bits per heavy atom. The summed E-state index contributed by atoms with van der Waals surface area (Å²) in [4.78, 5) is 43.1. The number of carbonyl (C=O) groups is 2. The van der Waals surface area contributed by atoms with Gasteiger partial charge in [-0.15, -0.1) is 0 Å². The highest BCUT2D eigenvalue weighted by Gasteiger charge is 2.59. The van der Waals surface area contributed by atoms with E-state index in [1.54, 1.807) is 29.6 Å². The van der Waals surface area contributed by atoms with Crippen molar-refractivity contribution < 1.29 is 14.7 Å². The topological polar surface area (TPSA) is 115 Å². The zero-order valence-electron chi connectivity index (χ0n) is 12.8. The third-order valence-electron chi connectivity index (χ3n) is 4.86. The SMILES string of the molecule is O=C(c1ncc[nH]1)N1C[C@@H]2CN(c3ncccn3)C[C@]2(C(=O)O)C1. The molecule has 0 unspecified atom stereocenters. The van der Waals surface area contributed by atoms with Crippen molar-refractivity contribution in [1.29, 1.82) is 0 Å². The standard InChI is InChI=1S/C15H16N6O3/c22-12(11-16-4-5-17-11)20-6-10-7-21(14-18-2-1-3-19-14)9-15(10,8-20)13(23)24/h1-5,10H,6-9H2,(H,16,17)(H,23,24)/t10-,15-/m1/s1. The van der Waals surface area contributed by atoms with Crippen LogP contribution in [0.4, 0.5) is 5.95 Å². The first-order valence-electron chi connectivity index (χ1n) is 7.64. The minimum atomic E-state index is -0.999. The van der Waals surface area contributed by atoms with E-state index in [4.69, 9.17) is 0 Å². The zero-order chi connectivity index (χ0) is 16.7. The minimum Gasteiger partial charge on any atom is -0.481 e. The van der Waals surface area contributed by atoms with Crippen LogP contribution < -0.4 is 4.90 Å². The number of aliphatic carboxylic acids is 1. The van der Waals surface area contributed by atoms with Gasteiger partial charge in [0.05, 0.1) is 0 Å². The first-order chi connectivity index (χ1) is 11.6. The number of anilines is 1. The third kappa shape index (κ3) is 2.12. The average molecular weight is 328 g/mol. The molecule has 0 saturated carbocycles. The predicted molar refractivity (Wildman–Crippen MR) is 82.3 cm³/mol. The summed E-state index contributed by atoms with van der Waals surface area (Å²) < 4.78 is 0. The first kappa shape index (κ1) is 14.6. The van der Waals surface area contributed by atoms with Gasteiger partial charge in [-0.05, 0) is 6.07 Å². The maximum atomic E-state index is 12.5. The van der Waals surface area contributed by atoms with E-state index in [1.165, 1.54) is 6.20 Å². The van der Waals surface area contributed by atoms with Crippen molar-refractivity contribution in [1.82, 2.24) is 24.8 Å². The molecule has 2 aliphatic rings. The number of hydrogen-bond acceptors (Lipinski definition) is 6. The molecule has 9 nitrogen and oxygen atoms in total. The summed E-state index contributed by atoms with van der Waals surface area (Å²) in [6.07, 6.45) is 6.35. The minimum absolute atomic E-state index is 0.163. The molecule has 24 heavy (non-hydrogen) atoms. The van der Waals surface area contributed by atoms with E-state index in [0.29, 0.717) is 25.6 Å². The summed E-state index contributed by atoms with van der Waals surface area (Å²) in [5.74, 6) is -0.564. The van der Waals surface area contributed by atoms with Crippen LogP contribution in [0.25, 0.3) is 0 Å². The number of aromatic nitrogens is 4. The summed E-state index contributed by atoms with van der Waals surface area (Å²) in [7, 11) is 0. The molecule has 0 radical (unpaired) electrons. The summed E-state index contributed by atoms with van der Waals surface area (Å²) in [6.45, 7) is 1.35. The summed E-state index contributed by atoms with van der Waals surface area (Å²) >= 11 is 0. The molecular formula is C15H16N6O3. The van der Waals surface area contributed by atoms with Gasteiger partial charge in [-0.25, -0.2) is 15.0 Å². The monoisotopic (exact) mass is 328 g/mol. The largest absolute Gasteiger partial charge is 0.481 e. The molecule has 4 heterocycles. The second-order valence-electron chi connectivity index (χ2n) is 6.21. The fourth-order valence-corrected chi connectivity index (χ4v) is 3.66. The van der Waals surface area contributed by atoms with Gasteiger partial charge >= 0.3 is 5.97 Å². The van der Waals surface area contributed by atoms with Gasteiger partial charge in [0.1, 0.15) is 5.41 Å². The van der Waals surface area contributed by atoms with Crippen molar-refractivity contribution in [3.05, 3.63) is 36.7 Å². The van der Waals surface area contributed by atoms with Crippen LogP contribution in [0, 0.1) is 11.3 Å². The number of carbonyl (C=O) groups excluding carboxylic acids is 1. The van der Waals surface area contributed by atoms with Gasteiger partial charge in [-0.2, -0.15) is 0 Å². The maximum absolute atomic E-state index is 12.5. The van der Waals surface area contributed by atoms with Gasteiger partial charge in [0.25, 0.3) is 5.91 Å². The third-order valence-corrected chi connectivity index (χ3v) is 4.86. The number of hydrogen-bond donors (Lipinski definition) is 2. The molecule has 0 aromatic carbocycles. The van der Waals surface area contributed by atoms with Gasteiger partial charge in [-0.1, -0.05) is 0 Å². The molecule has 0 spiro atoms. The predicted octanol–water partition coefficient (Wildman–Crippen LogP) is -0.137. The van der Waals surface area contributed by atoms with Crippen LogP contribution >= 0.6 is 0 Å². The smallest absolute Gasteiger partial charge is 0.313 e. The number of H-pyrrole nitrogens is 1. The number of likely N-dealkylation sites (tertiary alicyclic amines) is 1. The Bertz CT molecular complexity index is 765. The van der Waals surface area contributed by atoms with E-state index in [-0.39, 0.29) is 24.2 Å². The molecule has 2 aromatic heterocycles. The highest BCUT2D eigenvalue weighted by atomic mass is 16.4. The van der Waals surface area contributed by atoms with E-state index in [9.17, 15) is 14.7 Å². The van der Waals surface area contributed by atoms with E-state index >= 15 is 0 Å². The number of rotatable bonds is 3. The number of amides is 1. The van der Waals surface area contributed by atoms with Gasteiger partial charge in [-0.3, -0.25) is 9.59 Å². The van der Waals surface area contributed by atoms with Crippen LogP contribution in [0.1, 0.15) is 10.6 Å². The molecule has 9 heteroatoms. The Kier molecular flexibility index (Phi) is 3.22. The molecule has 2 saturated heterocycles. The Hall–Kier alpha value is -2.97. The van der Waals surface area contributed by atoms with Crippen LogP contribution in [0.2, 0.25) is 0 Å². The van der Waals surface area contributed by atoms with E-state index in [0.717, 1.165) is 0 Å². The summed E-state index contributed by atoms with van der Waals surface area (Å²) in [6, 6.07) is 1.72. The van der Waals surface area contributed by atoms with Crippen molar-refractivity contribution in [2.75, 3.05) is 31.1 Å². The molecule has 1 amide bonds. The second kappa shape index (κ2) is 5.29. The molecule has 2 aliphatic heterocycles. The van der Waals surface area contributed by atoms with Crippen LogP contribution in [0.3, 0.4) is 0 Å². The Labute approximate surface area is 137 Å². The van der Waals surface area contributed by atoms with Crippen molar-refractivity contribution in [2.45, 2.75) is 0 Å². The normalized spacial score (nSPS) is 25.8. The summed E-state index contributed by atoms with van der Waals surface area (Å²) in [5.41, 5.74) is -0.999. The molecule has 124 valence electrons. The number of carboxylic acid groups (broad SMARTS) is 1. The highest BCUT2D eigenvalue weighted by Crippen LogP contribution is 2.43. The van der Waals surface area contributed by atoms with Crippen LogP contribution in [0.15, 0.2) is 30.9 Å². The highest BCUT2D eigenvalue weighted by molar-refractivity contribution is 5.92. The molecule has 2 aromatic rings. The zero-order valence-corrected chi connectivity index (χ0v) is 12.8. The molecule has 4 rings (SSSR count). The van der Waals surface area contributed by atoms with E-state index in [1.807, 2.05) is 4.90 Å². The molecule has 0 bridgehead atoms. The molecule has 0 aliphatic carbocycles. The number of fused-ring (bicyclic) bond motifs is 1. The number of aromatic amines is 1. The fourth-order valence-electron chi connectivity index (χ4n) is 3.66. The number of nitrogens with zero attached hydrogens (tertiary/aromatic N) is 5. The molecule has 2 atom stereocenters. The fraction of sp³-hybridized carbons (Fsp3) is 0.400. The number of nitrogens with one attached hydrogen (secondary N) is 1. The van der Waals surface area contributed by atoms with Crippen molar-refractivity contribution >= 4 is 17.8 Å². The number of imidazole rings is 1. The van der Waals surface area contributed by atoms with Gasteiger partial charge in [0, 0.05) is 56.9 Å². The lowest BCUT2D eigenvalue weighted by molar-refractivity contribution is -0.148. The lowest BCUT2D eigenvalue weighted by atomic mass is 9.81. The van der Waals surface area contributed by atoms with Crippen molar-refractivity contribution in [3.63, 3.8) is 0 Å². The Balaban J connectivity index is 1.58. The van der Waals surface area contributed by atoms with Crippen LogP contribution in [-0.2, 0) is 4.79 Å². The Morgan fingerprint density at radius 2 is 1.96 bits per heavy atom. The molecule has 2 fully saturated rings. The summed E-state index contributed by atoms with van der Waals surface area (Å²) in [5, 5.41) is 9.84. The van der Waals surface area contributed by atoms with Crippen molar-refractivity contribution in [2.24, 2.45) is 11.3 Å². The van der Waals surface area contributed by atoms with Gasteiger partial charge in [0.2, 0.25) is 5.95 Å². The van der Waals surface area contributed by atoms with Crippen LogP contribution in [-0.4, -0.2) is 68.0 Å². The van der Waals surface area contributed by atoms with Gasteiger partial charge < -0.3 is 19.9 Å². The van der Waals surface area contributed by atoms with E-state index < -0.39 is 11.4 Å². The number of carboxylic acids is 1. The van der Waals surface area contributed by atoms with Crippen LogP contribution in [0.5, 0.6) is 0 Å². The Morgan fingerprint density at radius 3 is 2.58 bits per heavy atom. The lowest BCUT2D eigenvalue weighted by Crippen LogP contribution is -2.42. The maximum Gasteiger partial charge on any atom is 0.313 e. The molecule has 2 N–H and O–H groups in total. The van der Waals surface area contributed by atoms with E-state index in [2.05, 4.69) is 19.9 Å². The quantitative estimate of drug-likeness (QED) is 0.806. The molecular weight excluding hydrogens is 312 g/mol.